The summed E-state index contributed by atoms with van der Waals surface area (Å²) >= 11 is 0. The second-order valence-electron chi connectivity index (χ2n) is 18.5. The van der Waals surface area contributed by atoms with Crippen LogP contribution in [-0.4, -0.2) is 152 Å². The van der Waals surface area contributed by atoms with Crippen LogP contribution in [0.25, 0.3) is 0 Å². The fraction of sp³-hybridized carbons (Fsp3) is 0.950. The smallest absolute Gasteiger partial charge is 0.187 e. The van der Waals surface area contributed by atoms with Gasteiger partial charge in [0, 0.05) is 19.4 Å². The van der Waals surface area contributed by atoms with Crippen molar-refractivity contribution in [1.29, 1.82) is 0 Å². The monoisotopic (exact) mass is 772 g/mol. The van der Waals surface area contributed by atoms with Gasteiger partial charge in [0.15, 0.2) is 12.6 Å². The Balaban J connectivity index is 1.12. The van der Waals surface area contributed by atoms with Crippen molar-refractivity contribution in [3.05, 3.63) is 11.6 Å². The van der Waals surface area contributed by atoms with Crippen molar-refractivity contribution >= 4 is 0 Å². The van der Waals surface area contributed by atoms with Crippen LogP contribution in [0.4, 0.5) is 0 Å². The molecule has 9 N–H and O–H groups in total. The lowest BCUT2D eigenvalue weighted by molar-refractivity contribution is -0.285. The van der Waals surface area contributed by atoms with E-state index < -0.39 is 96.0 Å². The third-order valence-electron chi connectivity index (χ3n) is 15.1. The van der Waals surface area contributed by atoms with Crippen LogP contribution in [0.1, 0.15) is 86.0 Å². The largest absolute Gasteiger partial charge is 0.390 e. The zero-order valence-corrected chi connectivity index (χ0v) is 32.8. The van der Waals surface area contributed by atoms with Crippen molar-refractivity contribution in [2.75, 3.05) is 26.9 Å². The zero-order valence-electron chi connectivity index (χ0n) is 32.8. The number of hydrogen-bond acceptors (Lipinski definition) is 14. The van der Waals surface area contributed by atoms with Gasteiger partial charge in [-0.3, -0.25) is 0 Å². The molecule has 2 aliphatic heterocycles. The van der Waals surface area contributed by atoms with E-state index in [1.54, 1.807) is 0 Å². The van der Waals surface area contributed by atoms with E-state index in [1.807, 2.05) is 6.08 Å². The minimum Gasteiger partial charge on any atom is -0.390 e. The predicted molar refractivity (Wildman–Crippen MR) is 193 cm³/mol. The van der Waals surface area contributed by atoms with Gasteiger partial charge in [-0.15, -0.1) is 0 Å². The molecule has 312 valence electrons. The van der Waals surface area contributed by atoms with Crippen molar-refractivity contribution < 1.29 is 69.6 Å². The van der Waals surface area contributed by atoms with Gasteiger partial charge in [0.05, 0.1) is 49.8 Å². The quantitative estimate of drug-likeness (QED) is 0.124. The first-order valence-electron chi connectivity index (χ1n) is 20.3. The Morgan fingerprint density at radius 1 is 0.796 bits per heavy atom. The van der Waals surface area contributed by atoms with Crippen LogP contribution in [0.3, 0.4) is 0 Å². The van der Waals surface area contributed by atoms with E-state index in [0.717, 1.165) is 18.4 Å². The highest BCUT2D eigenvalue weighted by atomic mass is 16.7. The lowest BCUT2D eigenvalue weighted by Gasteiger charge is -2.64. The topological polar surface area (TPSA) is 228 Å². The summed E-state index contributed by atoms with van der Waals surface area (Å²) in [7, 11) is 1.42. The van der Waals surface area contributed by atoms with Gasteiger partial charge in [0.2, 0.25) is 0 Å². The van der Waals surface area contributed by atoms with Crippen molar-refractivity contribution in [2.24, 2.45) is 46.3 Å². The standard InChI is InChI=1S/C40H68O14/c1-19(2)21(11-14-51-36-33(48)29(44)25(42)17-52-36)8-7-20(3)28-31(46)32(47)35-39(28,5)13-10-27-38(4)12-9-22(15-23(38)24(41)16-40(27,35)49)54-37-34(50-6)30(45)26(43)18-53-37/h15,19-22,24-37,41-49H,7-14,16-18H2,1-6H3/t20-,21-,22+,24-,25+,26-,27-,28+,29+,30+,31-,32+,33+,34-,35-,36+,37+,38+,39-,40+/m1/s1. The van der Waals surface area contributed by atoms with Crippen LogP contribution in [0.15, 0.2) is 11.6 Å². The second-order valence-corrected chi connectivity index (χ2v) is 18.5. The Morgan fingerprint density at radius 2 is 1.46 bits per heavy atom. The van der Waals surface area contributed by atoms with Gasteiger partial charge in [-0.2, -0.15) is 0 Å². The molecule has 0 aromatic rings. The molecule has 20 atom stereocenters. The lowest BCUT2D eigenvalue weighted by atomic mass is 9.43. The molecule has 0 aromatic carbocycles. The van der Waals surface area contributed by atoms with Crippen molar-refractivity contribution in [2.45, 2.75) is 165 Å². The van der Waals surface area contributed by atoms with Crippen molar-refractivity contribution in [3.63, 3.8) is 0 Å². The van der Waals surface area contributed by atoms with Crippen LogP contribution in [-0.2, 0) is 23.7 Å². The summed E-state index contributed by atoms with van der Waals surface area (Å²) in [4.78, 5) is 0. The van der Waals surface area contributed by atoms with Gasteiger partial charge < -0.3 is 69.6 Å². The van der Waals surface area contributed by atoms with Crippen LogP contribution in [0.2, 0.25) is 0 Å². The van der Waals surface area contributed by atoms with E-state index >= 15 is 0 Å². The summed E-state index contributed by atoms with van der Waals surface area (Å²) in [6.07, 6.45) is -5.63. The molecule has 0 spiro atoms. The molecule has 54 heavy (non-hydrogen) atoms. The van der Waals surface area contributed by atoms with Crippen molar-refractivity contribution in [1.82, 2.24) is 0 Å². The van der Waals surface area contributed by atoms with E-state index in [4.69, 9.17) is 23.7 Å². The maximum Gasteiger partial charge on any atom is 0.187 e. The summed E-state index contributed by atoms with van der Waals surface area (Å²) in [6, 6.07) is 0. The van der Waals surface area contributed by atoms with Gasteiger partial charge in [-0.1, -0.05) is 47.1 Å². The Morgan fingerprint density at radius 3 is 2.13 bits per heavy atom. The molecule has 4 aliphatic carbocycles. The SMILES string of the molecule is CO[C@H]1[C@H](O[C@@H]2C=C3[C@H](O)C[C@@]4(O)[C@@H]5[C@@H](O)[C@H](O)[C@H]([C@H](C)CC[C@H](CCO[C@H]6OC[C@H](O)[C@H](O)[C@@H]6O)C(C)C)[C@@]5(C)CC[C@@H]4[C@@]3(C)CC2)OC[C@@H](O)[C@@H]1O. The summed E-state index contributed by atoms with van der Waals surface area (Å²) in [6.45, 7) is 10.7. The number of methoxy groups -OCH3 is 1. The molecule has 5 fully saturated rings. The Hall–Kier alpha value is -0.820. The molecule has 6 rings (SSSR count). The number of fused-ring (bicyclic) bond motifs is 5. The highest BCUT2D eigenvalue weighted by Crippen LogP contribution is 2.69. The van der Waals surface area contributed by atoms with E-state index in [9.17, 15) is 46.0 Å². The molecule has 6 aliphatic rings. The number of ether oxygens (including phenoxy) is 5. The fourth-order valence-electron chi connectivity index (χ4n) is 12.1. The first kappa shape index (κ1) is 42.8. The van der Waals surface area contributed by atoms with E-state index in [-0.39, 0.29) is 43.3 Å². The molecule has 14 heteroatoms. The van der Waals surface area contributed by atoms with E-state index in [1.165, 1.54) is 7.11 Å². The number of rotatable bonds is 12. The molecule has 0 unspecified atom stereocenters. The van der Waals surface area contributed by atoms with Gasteiger partial charge >= 0.3 is 0 Å². The van der Waals surface area contributed by atoms with Crippen LogP contribution >= 0.6 is 0 Å². The molecule has 2 saturated heterocycles. The molecule has 0 bridgehead atoms. The maximum absolute atomic E-state index is 12.8. The van der Waals surface area contributed by atoms with E-state index in [0.29, 0.717) is 44.6 Å². The van der Waals surface area contributed by atoms with Gasteiger partial charge in [-0.25, -0.2) is 0 Å². The van der Waals surface area contributed by atoms with Gasteiger partial charge in [0.1, 0.15) is 36.6 Å². The third-order valence-corrected chi connectivity index (χ3v) is 15.1. The molecule has 0 radical (unpaired) electrons. The van der Waals surface area contributed by atoms with E-state index in [2.05, 4.69) is 34.6 Å². The Bertz CT molecular complexity index is 1300. The minimum absolute atomic E-state index is 0.0248. The van der Waals surface area contributed by atoms with Gasteiger partial charge in [-0.05, 0) is 84.5 Å². The average Bonchev–Trinajstić information content (AvgIpc) is 3.32. The third kappa shape index (κ3) is 7.49. The zero-order chi connectivity index (χ0) is 39.5. The number of aliphatic hydroxyl groups excluding tert-OH is 8. The number of aliphatic hydroxyl groups is 9. The Labute approximate surface area is 319 Å². The Kier molecular flexibility index (Phi) is 13.0. The summed E-state index contributed by atoms with van der Waals surface area (Å²) in [5.41, 5.74) is -1.77. The molecule has 2 heterocycles. The molecular formula is C40H68O14. The molecule has 0 amide bonds. The summed E-state index contributed by atoms with van der Waals surface area (Å²) < 4.78 is 28.5. The van der Waals surface area contributed by atoms with Gasteiger partial charge in [0.25, 0.3) is 0 Å². The van der Waals surface area contributed by atoms with Crippen LogP contribution < -0.4 is 0 Å². The fourth-order valence-corrected chi connectivity index (χ4v) is 12.1. The maximum atomic E-state index is 12.8. The highest BCUT2D eigenvalue weighted by molar-refractivity contribution is 5.33. The second kappa shape index (κ2) is 16.4. The minimum atomic E-state index is -1.41. The predicted octanol–water partition coefficient (Wildman–Crippen LogP) is 0.605. The summed E-state index contributed by atoms with van der Waals surface area (Å²) in [5, 5.41) is 98.7. The molecule has 14 nitrogen and oxygen atoms in total. The first-order chi connectivity index (χ1) is 25.4. The molecule has 0 aromatic heterocycles. The number of hydrogen-bond donors (Lipinski definition) is 9. The first-order valence-corrected chi connectivity index (χ1v) is 20.3. The van der Waals surface area contributed by atoms with Crippen LogP contribution in [0.5, 0.6) is 0 Å². The molecular weight excluding hydrogens is 704 g/mol. The molecule has 3 saturated carbocycles. The summed E-state index contributed by atoms with van der Waals surface area (Å²) in [5.74, 6) is -0.552. The average molecular weight is 773 g/mol. The highest BCUT2D eigenvalue weighted by Gasteiger charge is 2.72. The van der Waals surface area contributed by atoms with Crippen LogP contribution in [0, 0.1) is 46.3 Å². The lowest BCUT2D eigenvalue weighted by Crippen LogP contribution is -2.66. The normalized spacial score (nSPS) is 50.5. The van der Waals surface area contributed by atoms with Crippen molar-refractivity contribution in [3.8, 4) is 0 Å².